The van der Waals surface area contributed by atoms with Crippen LogP contribution in [0.2, 0.25) is 5.02 Å². The molecule has 8 nitrogen and oxygen atoms in total. The predicted molar refractivity (Wildman–Crippen MR) is 161 cm³/mol. The van der Waals surface area contributed by atoms with E-state index in [0.29, 0.717) is 66.5 Å². The number of nitrogens with zero attached hydrogens (tertiary/aromatic N) is 5. The summed E-state index contributed by atoms with van der Waals surface area (Å²) in [5.41, 5.74) is 0.774. The number of aliphatic hydroxyl groups is 1. The van der Waals surface area contributed by atoms with E-state index in [1.165, 1.54) is 12.1 Å². The summed E-state index contributed by atoms with van der Waals surface area (Å²) in [5, 5.41) is 22.1. The first-order valence-electron chi connectivity index (χ1n) is 15.1. The zero-order valence-electron chi connectivity index (χ0n) is 24.4. The van der Waals surface area contributed by atoms with Crippen molar-refractivity contribution in [3.63, 3.8) is 0 Å². The van der Waals surface area contributed by atoms with Crippen molar-refractivity contribution in [1.82, 2.24) is 19.9 Å². The average molecular weight is 612 g/mol. The molecule has 2 aromatic heterocycles. The van der Waals surface area contributed by atoms with Crippen molar-refractivity contribution in [2.75, 3.05) is 37.7 Å². The van der Waals surface area contributed by atoms with Gasteiger partial charge in [-0.1, -0.05) is 18.5 Å². The van der Waals surface area contributed by atoms with Gasteiger partial charge in [-0.2, -0.15) is 9.97 Å². The van der Waals surface area contributed by atoms with Crippen molar-refractivity contribution in [1.29, 1.82) is 0 Å². The summed E-state index contributed by atoms with van der Waals surface area (Å²) in [5.74, 6) is 0.260. The Bertz CT molecular complexity index is 1630. The van der Waals surface area contributed by atoms with Gasteiger partial charge in [0.25, 0.3) is 0 Å². The SMILES string of the molecule is C[C@@H]1C[C@@H]1c1c(Cl)cc(O)cc1-c1ncc2c(N3CCC[C@@](C)(O)C3)nc(OC[C@@]34CCCN3C/C(=C\F)C4)nc2c1F. The van der Waals surface area contributed by atoms with Gasteiger partial charge in [0.2, 0.25) is 0 Å². The Hall–Kier alpha value is -3.08. The van der Waals surface area contributed by atoms with Gasteiger partial charge in [-0.15, -0.1) is 0 Å². The van der Waals surface area contributed by atoms with Gasteiger partial charge in [0, 0.05) is 36.4 Å². The van der Waals surface area contributed by atoms with Gasteiger partial charge in [0.05, 0.1) is 22.9 Å². The molecule has 5 heterocycles. The van der Waals surface area contributed by atoms with E-state index in [9.17, 15) is 14.6 Å². The second-order valence-corrected chi connectivity index (χ2v) is 13.6. The standard InChI is InChI=1S/C32H36ClF2N5O3/c1-18-9-21(18)25-22(10-20(41)11-24(25)33)27-26(35)28-23(14-36-27)29(39-7-3-5-31(2,42)16-39)38-30(37-28)43-17-32-6-4-8-40(32)15-19(12-32)13-34/h10-11,13-14,18,21,41-42H,3-9,12,15-17H2,1-2H3/b19-13-/t18-,21+,31-,32+/m1/s1. The lowest BCUT2D eigenvalue weighted by atomic mass is 9.94. The van der Waals surface area contributed by atoms with E-state index in [1.54, 1.807) is 13.1 Å². The highest BCUT2D eigenvalue weighted by molar-refractivity contribution is 6.32. The molecule has 0 bridgehead atoms. The second-order valence-electron chi connectivity index (χ2n) is 13.2. The number of hydrogen-bond donors (Lipinski definition) is 2. The molecular weight excluding hydrogens is 576 g/mol. The van der Waals surface area contributed by atoms with Gasteiger partial charge in [-0.05, 0) is 87.1 Å². The molecule has 7 rings (SSSR count). The third kappa shape index (κ3) is 5.11. The molecule has 4 fully saturated rings. The lowest BCUT2D eigenvalue weighted by Crippen LogP contribution is -2.46. The molecule has 0 amide bonds. The highest BCUT2D eigenvalue weighted by Crippen LogP contribution is 2.53. The first-order chi connectivity index (χ1) is 20.6. The Morgan fingerprint density at radius 1 is 1.21 bits per heavy atom. The normalized spacial score (nSPS) is 29.9. The first-order valence-corrected chi connectivity index (χ1v) is 15.5. The number of aromatic nitrogens is 3. The molecule has 3 aliphatic heterocycles. The molecule has 0 spiro atoms. The van der Waals surface area contributed by atoms with Crippen LogP contribution in [0.1, 0.15) is 63.9 Å². The molecule has 228 valence electrons. The highest BCUT2D eigenvalue weighted by Gasteiger charge is 2.47. The van der Waals surface area contributed by atoms with Crippen LogP contribution >= 0.6 is 11.6 Å². The van der Waals surface area contributed by atoms with E-state index in [4.69, 9.17) is 21.3 Å². The van der Waals surface area contributed by atoms with Crippen molar-refractivity contribution in [3.05, 3.63) is 46.6 Å². The minimum absolute atomic E-state index is 0.0210. The van der Waals surface area contributed by atoms with E-state index >= 15 is 4.39 Å². The maximum atomic E-state index is 16.7. The molecule has 3 saturated heterocycles. The molecule has 1 aliphatic carbocycles. The number of fused-ring (bicyclic) bond motifs is 2. The van der Waals surface area contributed by atoms with Crippen molar-refractivity contribution in [2.45, 2.75) is 69.4 Å². The molecule has 4 atom stereocenters. The average Bonchev–Trinajstić information content (AvgIpc) is 3.38. The fourth-order valence-electron chi connectivity index (χ4n) is 7.47. The van der Waals surface area contributed by atoms with Gasteiger partial charge in [-0.3, -0.25) is 9.88 Å². The zero-order chi connectivity index (χ0) is 30.1. The van der Waals surface area contributed by atoms with E-state index in [2.05, 4.69) is 21.8 Å². The van der Waals surface area contributed by atoms with Crippen molar-refractivity contribution < 1.29 is 23.7 Å². The van der Waals surface area contributed by atoms with Gasteiger partial charge < -0.3 is 19.8 Å². The Balaban J connectivity index is 1.33. The predicted octanol–water partition coefficient (Wildman–Crippen LogP) is 6.14. The summed E-state index contributed by atoms with van der Waals surface area (Å²) < 4.78 is 36.4. The van der Waals surface area contributed by atoms with E-state index in [1.807, 2.05) is 4.90 Å². The summed E-state index contributed by atoms with van der Waals surface area (Å²) >= 11 is 6.58. The second kappa shape index (κ2) is 10.5. The summed E-state index contributed by atoms with van der Waals surface area (Å²) in [6.45, 7) is 6.52. The molecule has 11 heteroatoms. The number of phenols is 1. The largest absolute Gasteiger partial charge is 0.508 e. The van der Waals surface area contributed by atoms with Crippen LogP contribution in [0.3, 0.4) is 0 Å². The Kier molecular flexibility index (Phi) is 7.02. The van der Waals surface area contributed by atoms with E-state index < -0.39 is 11.4 Å². The summed E-state index contributed by atoms with van der Waals surface area (Å²) in [7, 11) is 0. The first kappa shape index (κ1) is 28.7. The van der Waals surface area contributed by atoms with Crippen LogP contribution in [-0.2, 0) is 0 Å². The molecule has 0 unspecified atom stereocenters. The quantitative estimate of drug-likeness (QED) is 0.344. The Labute approximate surface area is 254 Å². The molecule has 2 N–H and O–H groups in total. The van der Waals surface area contributed by atoms with Gasteiger partial charge >= 0.3 is 6.01 Å². The van der Waals surface area contributed by atoms with Crippen LogP contribution in [0.4, 0.5) is 14.6 Å². The molecule has 4 aliphatic rings. The van der Waals surface area contributed by atoms with Gasteiger partial charge in [0.15, 0.2) is 5.82 Å². The lowest BCUT2D eigenvalue weighted by Gasteiger charge is -2.38. The number of phenolic OH excluding ortho intramolecular Hbond substituents is 1. The number of hydrogen-bond acceptors (Lipinski definition) is 8. The number of benzene rings is 1. The van der Waals surface area contributed by atoms with Crippen LogP contribution in [0.5, 0.6) is 11.8 Å². The minimum Gasteiger partial charge on any atom is -0.508 e. The molecule has 1 saturated carbocycles. The Morgan fingerprint density at radius 2 is 2.00 bits per heavy atom. The van der Waals surface area contributed by atoms with Gasteiger partial charge in [0.1, 0.15) is 29.4 Å². The number of aromatic hydroxyl groups is 1. The van der Waals surface area contributed by atoms with Crippen LogP contribution < -0.4 is 9.64 Å². The van der Waals surface area contributed by atoms with Crippen molar-refractivity contribution in [3.8, 4) is 23.0 Å². The van der Waals surface area contributed by atoms with Crippen LogP contribution in [-0.4, -0.2) is 74.0 Å². The minimum atomic E-state index is -0.932. The van der Waals surface area contributed by atoms with Gasteiger partial charge in [-0.25, -0.2) is 8.78 Å². The fourth-order valence-corrected chi connectivity index (χ4v) is 7.82. The number of pyridine rings is 1. The van der Waals surface area contributed by atoms with Crippen LogP contribution in [0.25, 0.3) is 22.2 Å². The number of piperidine rings is 1. The number of rotatable bonds is 6. The van der Waals surface area contributed by atoms with Crippen LogP contribution in [0, 0.1) is 11.7 Å². The molecule has 3 aromatic rings. The van der Waals surface area contributed by atoms with Crippen LogP contribution in [0.15, 0.2) is 30.2 Å². The van der Waals surface area contributed by atoms with E-state index in [0.717, 1.165) is 43.4 Å². The monoisotopic (exact) mass is 611 g/mol. The van der Waals surface area contributed by atoms with E-state index in [-0.39, 0.29) is 41.0 Å². The molecule has 1 aromatic carbocycles. The molecule has 0 radical (unpaired) electrons. The summed E-state index contributed by atoms with van der Waals surface area (Å²) in [4.78, 5) is 18.0. The lowest BCUT2D eigenvalue weighted by molar-refractivity contribution is 0.0447. The number of anilines is 1. The third-order valence-electron chi connectivity index (χ3n) is 9.78. The fraction of sp³-hybridized carbons (Fsp3) is 0.531. The smallest absolute Gasteiger partial charge is 0.319 e. The maximum absolute atomic E-state index is 16.7. The van der Waals surface area contributed by atoms with Crippen molar-refractivity contribution >= 4 is 28.3 Å². The Morgan fingerprint density at radius 3 is 2.74 bits per heavy atom. The topological polar surface area (TPSA) is 94.8 Å². The third-order valence-corrected chi connectivity index (χ3v) is 10.1. The number of β-amino-alcohol motifs (C(OH)–C–C–N with tert-alkyl or cyclic N) is 1. The maximum Gasteiger partial charge on any atom is 0.319 e. The molecular formula is C32H36ClF2N5O3. The number of halogens is 3. The molecule has 43 heavy (non-hydrogen) atoms. The summed E-state index contributed by atoms with van der Waals surface area (Å²) in [6, 6.07) is 3.01. The zero-order valence-corrected chi connectivity index (χ0v) is 25.2. The van der Waals surface area contributed by atoms with Crippen molar-refractivity contribution in [2.24, 2.45) is 5.92 Å². The number of ether oxygens (including phenoxy) is 1. The summed E-state index contributed by atoms with van der Waals surface area (Å²) in [6.07, 6.45) is 6.99. The highest BCUT2D eigenvalue weighted by atomic mass is 35.5.